The van der Waals surface area contributed by atoms with Gasteiger partial charge in [0.2, 0.25) is 0 Å². The summed E-state index contributed by atoms with van der Waals surface area (Å²) < 4.78 is 69.1. The highest BCUT2D eigenvalue weighted by atomic mass is 31.2. The van der Waals surface area contributed by atoms with E-state index in [2.05, 4.69) is 34.6 Å². The first-order chi connectivity index (χ1) is 54.0. The Morgan fingerprint density at radius 2 is 0.414 bits per heavy atom. The van der Waals surface area contributed by atoms with Crippen molar-refractivity contribution in [3.05, 3.63) is 0 Å². The summed E-state index contributed by atoms with van der Waals surface area (Å²) in [5, 5.41) is 10.7. The van der Waals surface area contributed by atoms with Gasteiger partial charge in [-0.3, -0.25) is 37.3 Å². The van der Waals surface area contributed by atoms with Gasteiger partial charge in [-0.2, -0.15) is 0 Å². The highest BCUT2D eigenvalue weighted by molar-refractivity contribution is 7.47. The summed E-state index contributed by atoms with van der Waals surface area (Å²) in [6, 6.07) is 0. The van der Waals surface area contributed by atoms with Crippen LogP contribution in [0.4, 0.5) is 0 Å². The average molecular weight is 1620 g/mol. The molecule has 0 saturated carbocycles. The molecule has 0 radical (unpaired) electrons. The Morgan fingerprint density at radius 3 is 0.613 bits per heavy atom. The Hall–Kier alpha value is -1.94. The van der Waals surface area contributed by atoms with Crippen LogP contribution in [0.1, 0.15) is 503 Å². The van der Waals surface area contributed by atoms with Gasteiger partial charge in [0, 0.05) is 25.7 Å². The zero-order valence-corrected chi connectivity index (χ0v) is 74.9. The van der Waals surface area contributed by atoms with E-state index in [0.717, 1.165) is 95.8 Å². The number of unbranched alkanes of at least 4 members (excludes halogenated alkanes) is 64. The van der Waals surface area contributed by atoms with Gasteiger partial charge in [-0.1, -0.05) is 452 Å². The van der Waals surface area contributed by atoms with Crippen molar-refractivity contribution in [2.75, 3.05) is 39.6 Å². The first kappa shape index (κ1) is 109. The lowest BCUT2D eigenvalue weighted by Gasteiger charge is -2.21. The Balaban J connectivity index is 5.25. The van der Waals surface area contributed by atoms with Crippen molar-refractivity contribution in [2.45, 2.75) is 522 Å². The van der Waals surface area contributed by atoms with Gasteiger partial charge < -0.3 is 33.8 Å². The maximum atomic E-state index is 13.2. The van der Waals surface area contributed by atoms with Crippen LogP contribution in [-0.2, 0) is 65.4 Å². The Labute approximate surface area is 683 Å². The molecule has 0 aliphatic rings. The molecule has 0 fully saturated rings. The fourth-order valence-corrected chi connectivity index (χ4v) is 16.1. The van der Waals surface area contributed by atoms with Crippen molar-refractivity contribution < 1.29 is 80.2 Å². The van der Waals surface area contributed by atoms with Crippen LogP contribution >= 0.6 is 15.6 Å². The molecule has 2 unspecified atom stereocenters. The van der Waals surface area contributed by atoms with E-state index in [1.807, 2.05) is 0 Å². The van der Waals surface area contributed by atoms with E-state index in [0.29, 0.717) is 25.7 Å². The van der Waals surface area contributed by atoms with Crippen LogP contribution < -0.4 is 0 Å². The molecule has 19 heteroatoms. The summed E-state index contributed by atoms with van der Waals surface area (Å²) in [6.07, 6.45) is 80.6. The molecule has 5 atom stereocenters. The van der Waals surface area contributed by atoms with Crippen LogP contribution in [0.3, 0.4) is 0 Å². The van der Waals surface area contributed by atoms with Crippen molar-refractivity contribution in [3.63, 3.8) is 0 Å². The second kappa shape index (κ2) is 84.5. The zero-order valence-electron chi connectivity index (χ0n) is 73.1. The first-order valence-electron chi connectivity index (χ1n) is 47.6. The number of hydrogen-bond donors (Lipinski definition) is 3. The minimum atomic E-state index is -4.97. The Kier molecular flexibility index (Phi) is 83.0. The van der Waals surface area contributed by atoms with Gasteiger partial charge in [0.1, 0.15) is 19.3 Å². The van der Waals surface area contributed by atoms with E-state index >= 15 is 0 Å². The van der Waals surface area contributed by atoms with Crippen molar-refractivity contribution >= 4 is 39.5 Å². The number of aliphatic hydroxyl groups excluding tert-OH is 1. The largest absolute Gasteiger partial charge is 0.472 e. The van der Waals surface area contributed by atoms with Crippen LogP contribution in [0.2, 0.25) is 0 Å². The smallest absolute Gasteiger partial charge is 0.462 e. The van der Waals surface area contributed by atoms with Crippen LogP contribution in [0.15, 0.2) is 0 Å². The summed E-state index contributed by atoms with van der Waals surface area (Å²) in [4.78, 5) is 73.5. The second-order valence-corrected chi connectivity index (χ2v) is 36.4. The van der Waals surface area contributed by atoms with E-state index in [1.54, 1.807) is 0 Å². The van der Waals surface area contributed by atoms with Crippen LogP contribution in [0.5, 0.6) is 0 Å². The summed E-state index contributed by atoms with van der Waals surface area (Å²) in [5.74, 6) is -1.27. The monoisotopic (exact) mass is 1620 g/mol. The minimum Gasteiger partial charge on any atom is -0.462 e. The number of ether oxygens (including phenoxy) is 4. The number of aliphatic hydroxyl groups is 1. The van der Waals surface area contributed by atoms with Crippen LogP contribution in [0.25, 0.3) is 0 Å². The lowest BCUT2D eigenvalue weighted by atomic mass is 10.0. The molecule has 111 heavy (non-hydrogen) atoms. The number of carbonyl (C=O) groups is 4. The van der Waals surface area contributed by atoms with Crippen molar-refractivity contribution in [1.82, 2.24) is 0 Å². The number of carbonyl (C=O) groups excluding carboxylic acids is 4. The van der Waals surface area contributed by atoms with Gasteiger partial charge in [0.05, 0.1) is 26.4 Å². The Morgan fingerprint density at radius 1 is 0.243 bits per heavy atom. The summed E-state index contributed by atoms with van der Waals surface area (Å²) in [7, 11) is -9.94. The van der Waals surface area contributed by atoms with Gasteiger partial charge in [-0.15, -0.1) is 0 Å². The normalized spacial score (nSPS) is 13.7. The molecule has 0 aromatic carbocycles. The number of phosphoric ester groups is 2. The maximum absolute atomic E-state index is 13.2. The third-order valence-electron chi connectivity index (χ3n) is 21.8. The molecule has 17 nitrogen and oxygen atoms in total. The molecule has 0 saturated heterocycles. The fourth-order valence-electron chi connectivity index (χ4n) is 14.5. The molecule has 0 amide bonds. The SMILES string of the molecule is CCCCCCCCCCCCCCCCCCCCCCC(=O)OC[C@H](COP(=O)(O)OC[C@@H](O)COP(=O)(O)OC[C@@H](COC(=O)CCCCCCCCCCCCCCC)OC(=O)CCCCCCCCCCCCCCCCCCC)OC(=O)CCCCCCCCCCCCCCCCCCCCC(C)C. The number of esters is 4. The summed E-state index contributed by atoms with van der Waals surface area (Å²) in [5.41, 5.74) is 0. The van der Waals surface area contributed by atoms with E-state index in [9.17, 15) is 43.2 Å². The Bertz CT molecular complexity index is 2100. The molecule has 0 aliphatic carbocycles. The molecular formula is C92H180O17P2. The standard InChI is InChI=1S/C92H180O17P2/c1-6-9-12-15-18-21-24-27-29-31-32-33-38-41-46-51-56-61-66-71-76-90(95)103-82-88(109-92(97)78-73-68-63-58-53-48-43-39-35-34-37-40-45-49-54-59-64-69-74-85(4)5)84-107-111(100,101)105-80-86(93)79-104-110(98,99)106-83-87(81-102-89(94)75-70-65-60-55-50-44-26-23-20-17-14-11-8-3)108-91(96)77-72-67-62-57-52-47-42-36-30-28-25-22-19-16-13-10-7-2/h85-88,93H,6-84H2,1-5H3,(H,98,99)(H,100,101)/t86-,87+,88+/m0/s1. The maximum Gasteiger partial charge on any atom is 0.472 e. The third kappa shape index (κ3) is 85.8. The topological polar surface area (TPSA) is 237 Å². The number of hydrogen-bond acceptors (Lipinski definition) is 15. The molecule has 0 bridgehead atoms. The third-order valence-corrected chi connectivity index (χ3v) is 23.7. The van der Waals surface area contributed by atoms with Crippen LogP contribution in [-0.4, -0.2) is 96.7 Å². The lowest BCUT2D eigenvalue weighted by Crippen LogP contribution is -2.30. The number of phosphoric acid groups is 2. The predicted octanol–water partition coefficient (Wildman–Crippen LogP) is 28.7. The molecule has 0 rings (SSSR count). The molecule has 0 aromatic rings. The highest BCUT2D eigenvalue weighted by Gasteiger charge is 2.31. The van der Waals surface area contributed by atoms with Crippen LogP contribution in [0, 0.1) is 5.92 Å². The van der Waals surface area contributed by atoms with E-state index < -0.39 is 97.5 Å². The van der Waals surface area contributed by atoms with Gasteiger partial charge in [0.25, 0.3) is 0 Å². The van der Waals surface area contributed by atoms with Crippen molar-refractivity contribution in [2.24, 2.45) is 5.92 Å². The molecule has 0 aromatic heterocycles. The molecule has 0 heterocycles. The average Bonchev–Trinajstić information content (AvgIpc) is 0.895. The fraction of sp³-hybridized carbons (Fsp3) is 0.957. The quantitative estimate of drug-likeness (QED) is 0.0222. The predicted molar refractivity (Wildman–Crippen MR) is 460 cm³/mol. The van der Waals surface area contributed by atoms with Crippen molar-refractivity contribution in [1.29, 1.82) is 0 Å². The van der Waals surface area contributed by atoms with Gasteiger partial charge >= 0.3 is 39.5 Å². The highest BCUT2D eigenvalue weighted by Crippen LogP contribution is 2.45. The van der Waals surface area contributed by atoms with Gasteiger partial charge in [-0.05, 0) is 31.6 Å². The summed E-state index contributed by atoms with van der Waals surface area (Å²) in [6.45, 7) is 7.45. The second-order valence-electron chi connectivity index (χ2n) is 33.5. The first-order valence-corrected chi connectivity index (χ1v) is 50.6. The van der Waals surface area contributed by atoms with Gasteiger partial charge in [0.15, 0.2) is 12.2 Å². The molecule has 0 spiro atoms. The number of rotatable bonds is 92. The van der Waals surface area contributed by atoms with E-state index in [4.69, 9.17) is 37.0 Å². The molecule has 0 aliphatic heterocycles. The zero-order chi connectivity index (χ0) is 81.1. The molecule has 660 valence electrons. The molecular weight excluding hydrogens is 1440 g/mol. The summed E-state index contributed by atoms with van der Waals surface area (Å²) >= 11 is 0. The molecule has 3 N–H and O–H groups in total. The minimum absolute atomic E-state index is 0.109. The van der Waals surface area contributed by atoms with E-state index in [1.165, 1.54) is 327 Å². The van der Waals surface area contributed by atoms with E-state index in [-0.39, 0.29) is 25.7 Å². The lowest BCUT2D eigenvalue weighted by molar-refractivity contribution is -0.161. The van der Waals surface area contributed by atoms with Gasteiger partial charge in [-0.25, -0.2) is 9.13 Å². The van der Waals surface area contributed by atoms with Crippen molar-refractivity contribution in [3.8, 4) is 0 Å².